The van der Waals surface area contributed by atoms with Crippen molar-refractivity contribution in [1.29, 1.82) is 0 Å². The van der Waals surface area contributed by atoms with Crippen LogP contribution in [0.2, 0.25) is 0 Å². The van der Waals surface area contributed by atoms with Gasteiger partial charge in [0.15, 0.2) is 16.4 Å². The second-order valence-electron chi connectivity index (χ2n) is 6.45. The Kier molecular flexibility index (Phi) is 5.13. The van der Waals surface area contributed by atoms with Crippen LogP contribution in [0.4, 0.5) is 0 Å². The molecule has 1 amide bonds. The first-order valence-corrected chi connectivity index (χ1v) is 9.62. The average molecular weight is 408 g/mol. The molecular formula is C20H20N6O2S. The number of amides is 1. The van der Waals surface area contributed by atoms with Crippen molar-refractivity contribution in [1.82, 2.24) is 29.9 Å². The molecule has 0 aliphatic rings. The number of carbonyl (C=O) groups is 1. The van der Waals surface area contributed by atoms with E-state index in [1.807, 2.05) is 60.9 Å². The second-order valence-corrected chi connectivity index (χ2v) is 6.84. The molecule has 4 aromatic rings. The first kappa shape index (κ1) is 18.9. The molecule has 4 rings (SSSR count). The quantitative estimate of drug-likeness (QED) is 0.475. The molecule has 9 heteroatoms. The Balaban J connectivity index is 1.66. The predicted octanol–water partition coefficient (Wildman–Crippen LogP) is 3.64. The lowest BCUT2D eigenvalue weighted by atomic mass is 10.2. The monoisotopic (exact) mass is 408 g/mol. The van der Waals surface area contributed by atoms with E-state index in [4.69, 9.17) is 16.6 Å². The Labute approximate surface area is 172 Å². The summed E-state index contributed by atoms with van der Waals surface area (Å²) in [6.45, 7) is 4.74. The van der Waals surface area contributed by atoms with E-state index in [0.29, 0.717) is 34.2 Å². The van der Waals surface area contributed by atoms with E-state index in [0.717, 1.165) is 11.4 Å². The lowest BCUT2D eigenvalue weighted by molar-refractivity contribution is 0.0950. The third-order valence-electron chi connectivity index (χ3n) is 4.51. The highest BCUT2D eigenvalue weighted by Gasteiger charge is 2.21. The third-order valence-corrected chi connectivity index (χ3v) is 4.83. The Morgan fingerprint density at radius 2 is 2.03 bits per heavy atom. The summed E-state index contributed by atoms with van der Waals surface area (Å²) < 4.78 is 9.75. The average Bonchev–Trinajstić information content (AvgIpc) is 3.44. The molecule has 0 fully saturated rings. The van der Waals surface area contributed by atoms with Crippen LogP contribution in [-0.4, -0.2) is 30.5 Å². The minimum atomic E-state index is -0.271. The normalized spacial score (nSPS) is 11.0. The lowest BCUT2D eigenvalue weighted by Crippen LogP contribution is -2.25. The molecule has 29 heavy (non-hydrogen) atoms. The standard InChI is InChI=1S/C20H20N6O2S/c1-3-25-17(22-23-20(25)29)11-21-19(27)15-12-26(14-7-5-4-6-8-14)24-18(15)16-10-9-13(2)28-16/h4-10,12H,3,11H2,1-2H3,(H,21,27)(H,23,29). The molecule has 0 aliphatic heterocycles. The number of hydrogen-bond acceptors (Lipinski definition) is 5. The van der Waals surface area contributed by atoms with Crippen LogP contribution < -0.4 is 5.32 Å². The number of para-hydroxylation sites is 1. The summed E-state index contributed by atoms with van der Waals surface area (Å²) >= 11 is 5.20. The van der Waals surface area contributed by atoms with E-state index in [-0.39, 0.29) is 12.5 Å². The van der Waals surface area contributed by atoms with E-state index in [9.17, 15) is 4.79 Å². The van der Waals surface area contributed by atoms with Crippen molar-refractivity contribution in [2.45, 2.75) is 26.9 Å². The molecule has 0 bridgehead atoms. The van der Waals surface area contributed by atoms with Crippen molar-refractivity contribution in [3.8, 4) is 17.1 Å². The number of nitrogens with one attached hydrogen (secondary N) is 2. The predicted molar refractivity (Wildman–Crippen MR) is 110 cm³/mol. The summed E-state index contributed by atoms with van der Waals surface area (Å²) in [5.41, 5.74) is 1.75. The summed E-state index contributed by atoms with van der Waals surface area (Å²) in [4.78, 5) is 13.0. The fourth-order valence-corrected chi connectivity index (χ4v) is 3.34. The van der Waals surface area contributed by atoms with Gasteiger partial charge in [0.1, 0.15) is 11.5 Å². The van der Waals surface area contributed by atoms with Crippen LogP contribution in [0.1, 0.15) is 28.9 Å². The zero-order valence-electron chi connectivity index (χ0n) is 16.0. The first-order chi connectivity index (χ1) is 14.1. The van der Waals surface area contributed by atoms with Gasteiger partial charge in [0.2, 0.25) is 0 Å². The number of aromatic nitrogens is 5. The van der Waals surface area contributed by atoms with Gasteiger partial charge in [-0.15, -0.1) is 0 Å². The SMILES string of the molecule is CCn1c(CNC(=O)c2cn(-c3ccccc3)nc2-c2ccc(C)o2)n[nH]c1=S. The van der Waals surface area contributed by atoms with Crippen LogP contribution in [-0.2, 0) is 13.1 Å². The lowest BCUT2D eigenvalue weighted by Gasteiger charge is -2.05. The van der Waals surface area contributed by atoms with E-state index >= 15 is 0 Å². The molecule has 2 N–H and O–H groups in total. The molecule has 0 atom stereocenters. The molecule has 3 heterocycles. The van der Waals surface area contributed by atoms with Gasteiger partial charge in [0, 0.05) is 12.7 Å². The van der Waals surface area contributed by atoms with Crippen LogP contribution in [0.3, 0.4) is 0 Å². The highest BCUT2D eigenvalue weighted by molar-refractivity contribution is 7.71. The summed E-state index contributed by atoms with van der Waals surface area (Å²) in [5, 5.41) is 14.4. The number of hydrogen-bond donors (Lipinski definition) is 2. The topological polar surface area (TPSA) is 93.7 Å². The number of benzene rings is 1. The summed E-state index contributed by atoms with van der Waals surface area (Å²) in [5.74, 6) is 1.68. The van der Waals surface area contributed by atoms with Gasteiger partial charge in [-0.3, -0.25) is 9.89 Å². The zero-order chi connectivity index (χ0) is 20.4. The van der Waals surface area contributed by atoms with Gasteiger partial charge in [0.05, 0.1) is 17.8 Å². The maximum atomic E-state index is 13.0. The number of nitrogens with zero attached hydrogens (tertiary/aromatic N) is 4. The third kappa shape index (κ3) is 3.77. The molecule has 0 saturated heterocycles. The highest BCUT2D eigenvalue weighted by Crippen LogP contribution is 2.25. The van der Waals surface area contributed by atoms with Gasteiger partial charge < -0.3 is 14.3 Å². The van der Waals surface area contributed by atoms with Crippen LogP contribution in [0.25, 0.3) is 17.1 Å². The number of H-pyrrole nitrogens is 1. The van der Waals surface area contributed by atoms with Gasteiger partial charge in [-0.25, -0.2) is 4.68 Å². The Morgan fingerprint density at radius 1 is 1.24 bits per heavy atom. The van der Waals surface area contributed by atoms with Crippen molar-refractivity contribution < 1.29 is 9.21 Å². The molecule has 1 aromatic carbocycles. The van der Waals surface area contributed by atoms with Crippen LogP contribution in [0.5, 0.6) is 0 Å². The van der Waals surface area contributed by atoms with E-state index in [1.54, 1.807) is 10.9 Å². The van der Waals surface area contributed by atoms with E-state index < -0.39 is 0 Å². The molecule has 0 unspecified atom stereocenters. The van der Waals surface area contributed by atoms with E-state index in [1.165, 1.54) is 0 Å². The number of carbonyl (C=O) groups excluding carboxylic acids is 1. The van der Waals surface area contributed by atoms with Gasteiger partial charge in [0.25, 0.3) is 5.91 Å². The molecule has 8 nitrogen and oxygen atoms in total. The maximum absolute atomic E-state index is 13.0. The Bertz CT molecular complexity index is 1200. The van der Waals surface area contributed by atoms with Crippen LogP contribution >= 0.6 is 12.2 Å². The summed E-state index contributed by atoms with van der Waals surface area (Å²) in [7, 11) is 0. The Morgan fingerprint density at radius 3 is 2.72 bits per heavy atom. The first-order valence-electron chi connectivity index (χ1n) is 9.21. The van der Waals surface area contributed by atoms with Gasteiger partial charge in [-0.2, -0.15) is 10.2 Å². The van der Waals surface area contributed by atoms with Crippen LogP contribution in [0.15, 0.2) is 53.1 Å². The fourth-order valence-electron chi connectivity index (χ4n) is 3.06. The van der Waals surface area contributed by atoms with Gasteiger partial charge in [-0.05, 0) is 50.3 Å². The molecule has 0 spiro atoms. The smallest absolute Gasteiger partial charge is 0.255 e. The molecule has 0 saturated carbocycles. The molecule has 0 aliphatic carbocycles. The fraction of sp³-hybridized carbons (Fsp3) is 0.200. The second kappa shape index (κ2) is 7.88. The van der Waals surface area contributed by atoms with Crippen molar-refractivity contribution in [2.24, 2.45) is 0 Å². The van der Waals surface area contributed by atoms with Gasteiger partial charge in [-0.1, -0.05) is 18.2 Å². The van der Waals surface area contributed by atoms with Crippen molar-refractivity contribution >= 4 is 18.1 Å². The van der Waals surface area contributed by atoms with Crippen LogP contribution in [0, 0.1) is 11.7 Å². The molecule has 148 valence electrons. The maximum Gasteiger partial charge on any atom is 0.255 e. The highest BCUT2D eigenvalue weighted by atomic mass is 32.1. The minimum absolute atomic E-state index is 0.243. The number of aromatic amines is 1. The molecule has 3 aromatic heterocycles. The number of rotatable bonds is 6. The molecule has 0 radical (unpaired) electrons. The van der Waals surface area contributed by atoms with Crippen molar-refractivity contribution in [2.75, 3.05) is 0 Å². The largest absolute Gasteiger partial charge is 0.460 e. The minimum Gasteiger partial charge on any atom is -0.460 e. The number of aryl methyl sites for hydroxylation is 1. The summed E-state index contributed by atoms with van der Waals surface area (Å²) in [6, 6.07) is 13.3. The Hall–Kier alpha value is -3.46. The summed E-state index contributed by atoms with van der Waals surface area (Å²) in [6.07, 6.45) is 1.70. The van der Waals surface area contributed by atoms with Gasteiger partial charge >= 0.3 is 0 Å². The van der Waals surface area contributed by atoms with E-state index in [2.05, 4.69) is 20.6 Å². The van der Waals surface area contributed by atoms with Crippen molar-refractivity contribution in [3.63, 3.8) is 0 Å². The molecular weight excluding hydrogens is 388 g/mol. The van der Waals surface area contributed by atoms with Crippen molar-refractivity contribution in [3.05, 3.63) is 70.6 Å². The zero-order valence-corrected chi connectivity index (χ0v) is 16.9. The number of furan rings is 1.